The third-order valence-corrected chi connectivity index (χ3v) is 3.08. The normalized spacial score (nSPS) is 11.9. The van der Waals surface area contributed by atoms with E-state index in [1.54, 1.807) is 24.3 Å². The molecule has 1 N–H and O–H groups in total. The Balaban J connectivity index is 2.29. The van der Waals surface area contributed by atoms with Crippen molar-refractivity contribution in [1.82, 2.24) is 5.32 Å². The number of nitro benzene ring substituents is 1. The number of nitro groups is 1. The van der Waals surface area contributed by atoms with Gasteiger partial charge < -0.3 is 10.1 Å². The van der Waals surface area contributed by atoms with E-state index in [1.165, 1.54) is 6.07 Å². The van der Waals surface area contributed by atoms with Crippen molar-refractivity contribution in [2.75, 3.05) is 7.05 Å². The van der Waals surface area contributed by atoms with Crippen LogP contribution in [0.4, 0.5) is 5.69 Å². The smallest absolute Gasteiger partial charge is 0.311 e. The lowest BCUT2D eigenvalue weighted by molar-refractivity contribution is -0.385. The van der Waals surface area contributed by atoms with Gasteiger partial charge in [-0.15, -0.1) is 0 Å². The zero-order valence-electron chi connectivity index (χ0n) is 11.4. The van der Waals surface area contributed by atoms with Gasteiger partial charge in [0.05, 0.1) is 4.92 Å². The van der Waals surface area contributed by atoms with Gasteiger partial charge in [-0.1, -0.05) is 24.3 Å². The molecule has 104 valence electrons. The van der Waals surface area contributed by atoms with Gasteiger partial charge in [-0.25, -0.2) is 0 Å². The van der Waals surface area contributed by atoms with Gasteiger partial charge >= 0.3 is 5.69 Å². The summed E-state index contributed by atoms with van der Waals surface area (Å²) in [6.07, 6.45) is 0. The Morgan fingerprint density at radius 3 is 2.65 bits per heavy atom. The summed E-state index contributed by atoms with van der Waals surface area (Å²) in [7, 11) is 1.88. The fourth-order valence-electron chi connectivity index (χ4n) is 1.84. The highest BCUT2D eigenvalue weighted by atomic mass is 16.6. The summed E-state index contributed by atoms with van der Waals surface area (Å²) in [6, 6.07) is 14.0. The second-order valence-corrected chi connectivity index (χ2v) is 4.41. The molecule has 1 atom stereocenters. The van der Waals surface area contributed by atoms with Crippen LogP contribution in [-0.4, -0.2) is 12.0 Å². The number of nitrogens with zero attached hydrogens (tertiary/aromatic N) is 1. The van der Waals surface area contributed by atoms with Crippen LogP contribution in [0, 0.1) is 10.1 Å². The maximum atomic E-state index is 10.9. The van der Waals surface area contributed by atoms with Gasteiger partial charge in [-0.3, -0.25) is 10.1 Å². The van der Waals surface area contributed by atoms with E-state index in [2.05, 4.69) is 5.32 Å². The summed E-state index contributed by atoms with van der Waals surface area (Å²) in [5.74, 6) is 0.825. The van der Waals surface area contributed by atoms with Crippen molar-refractivity contribution in [3.05, 3.63) is 64.2 Å². The molecule has 0 aliphatic rings. The molecule has 0 aliphatic heterocycles. The minimum absolute atomic E-state index is 0.0421. The van der Waals surface area contributed by atoms with Gasteiger partial charge in [0.1, 0.15) is 5.75 Å². The van der Waals surface area contributed by atoms with Gasteiger partial charge in [-0.05, 0) is 37.7 Å². The monoisotopic (exact) mass is 272 g/mol. The van der Waals surface area contributed by atoms with Crippen LogP contribution in [0.25, 0.3) is 0 Å². The summed E-state index contributed by atoms with van der Waals surface area (Å²) < 4.78 is 5.64. The van der Waals surface area contributed by atoms with Crippen molar-refractivity contribution < 1.29 is 9.66 Å². The molecule has 1 unspecified atom stereocenters. The second kappa shape index (κ2) is 6.16. The average molecular weight is 272 g/mol. The standard InChI is InChI=1S/C15H16N2O3/c1-11(16-2)12-6-5-7-13(10-12)20-15-9-4-3-8-14(15)17(18)19/h3-11,16H,1-2H3. The molecule has 5 nitrogen and oxygen atoms in total. The average Bonchev–Trinajstić information content (AvgIpc) is 2.47. The quantitative estimate of drug-likeness (QED) is 0.666. The van der Waals surface area contributed by atoms with Gasteiger partial charge in [0.25, 0.3) is 0 Å². The first-order valence-electron chi connectivity index (χ1n) is 6.30. The maximum absolute atomic E-state index is 10.9. The zero-order chi connectivity index (χ0) is 14.5. The predicted molar refractivity (Wildman–Crippen MR) is 77.1 cm³/mol. The topological polar surface area (TPSA) is 64.4 Å². The van der Waals surface area contributed by atoms with Crippen LogP contribution in [0.2, 0.25) is 0 Å². The molecular formula is C15H16N2O3. The largest absolute Gasteiger partial charge is 0.450 e. The van der Waals surface area contributed by atoms with Crippen molar-refractivity contribution in [2.24, 2.45) is 0 Å². The molecule has 20 heavy (non-hydrogen) atoms. The Bertz CT molecular complexity index is 614. The number of para-hydroxylation sites is 2. The molecule has 0 bridgehead atoms. The predicted octanol–water partition coefficient (Wildman–Crippen LogP) is 3.67. The summed E-state index contributed by atoms with van der Waals surface area (Å²) in [5, 5.41) is 14.1. The van der Waals surface area contributed by atoms with E-state index in [4.69, 9.17) is 4.74 Å². The number of benzene rings is 2. The van der Waals surface area contributed by atoms with Crippen LogP contribution in [0.15, 0.2) is 48.5 Å². The summed E-state index contributed by atoms with van der Waals surface area (Å²) in [4.78, 5) is 10.5. The van der Waals surface area contributed by atoms with E-state index >= 15 is 0 Å². The van der Waals surface area contributed by atoms with Crippen LogP contribution in [-0.2, 0) is 0 Å². The number of rotatable bonds is 5. The third-order valence-electron chi connectivity index (χ3n) is 3.08. The van der Waals surface area contributed by atoms with Crippen molar-refractivity contribution in [1.29, 1.82) is 0 Å². The molecule has 0 aliphatic carbocycles. The number of nitrogens with one attached hydrogen (secondary N) is 1. The molecule has 0 fully saturated rings. The van der Waals surface area contributed by atoms with Crippen molar-refractivity contribution in [3.8, 4) is 11.5 Å². The maximum Gasteiger partial charge on any atom is 0.311 e. The molecule has 0 spiro atoms. The van der Waals surface area contributed by atoms with E-state index in [0.717, 1.165) is 5.56 Å². The van der Waals surface area contributed by atoms with Crippen LogP contribution in [0.3, 0.4) is 0 Å². The van der Waals surface area contributed by atoms with E-state index in [9.17, 15) is 10.1 Å². The molecule has 5 heteroatoms. The molecule has 0 amide bonds. The molecule has 2 rings (SSSR count). The molecule has 2 aromatic carbocycles. The van der Waals surface area contributed by atoms with Crippen molar-refractivity contribution in [2.45, 2.75) is 13.0 Å². The lowest BCUT2D eigenvalue weighted by atomic mass is 10.1. The molecule has 2 aromatic rings. The van der Waals surface area contributed by atoms with Crippen molar-refractivity contribution >= 4 is 5.69 Å². The summed E-state index contributed by atoms with van der Waals surface area (Å²) in [5.41, 5.74) is 1.02. The van der Waals surface area contributed by atoms with Crippen LogP contribution >= 0.6 is 0 Å². The van der Waals surface area contributed by atoms with Gasteiger partial charge in [0.2, 0.25) is 5.75 Å². The Kier molecular flexibility index (Phi) is 4.32. The zero-order valence-corrected chi connectivity index (χ0v) is 11.4. The first kappa shape index (κ1) is 14.0. The highest BCUT2D eigenvalue weighted by Crippen LogP contribution is 2.31. The third kappa shape index (κ3) is 3.13. The van der Waals surface area contributed by atoms with E-state index in [1.807, 2.05) is 32.2 Å². The van der Waals surface area contributed by atoms with E-state index < -0.39 is 4.92 Å². The Morgan fingerprint density at radius 2 is 1.95 bits per heavy atom. The highest BCUT2D eigenvalue weighted by Gasteiger charge is 2.14. The van der Waals surface area contributed by atoms with E-state index in [-0.39, 0.29) is 17.5 Å². The van der Waals surface area contributed by atoms with Gasteiger partial charge in [-0.2, -0.15) is 0 Å². The second-order valence-electron chi connectivity index (χ2n) is 4.41. The van der Waals surface area contributed by atoms with Gasteiger partial charge in [0.15, 0.2) is 0 Å². The highest BCUT2D eigenvalue weighted by molar-refractivity contribution is 5.48. The molecule has 0 saturated heterocycles. The molecule has 0 saturated carbocycles. The van der Waals surface area contributed by atoms with Crippen molar-refractivity contribution in [3.63, 3.8) is 0 Å². The number of hydrogen-bond donors (Lipinski definition) is 1. The fourth-order valence-corrected chi connectivity index (χ4v) is 1.84. The number of ether oxygens (including phenoxy) is 1. The molecule has 0 aromatic heterocycles. The SMILES string of the molecule is CNC(C)c1cccc(Oc2ccccc2[N+](=O)[O-])c1. The molecule has 0 radical (unpaired) electrons. The summed E-state index contributed by atoms with van der Waals surface area (Å²) in [6.45, 7) is 2.03. The Morgan fingerprint density at radius 1 is 1.20 bits per heavy atom. The Labute approximate surface area is 117 Å². The summed E-state index contributed by atoms with van der Waals surface area (Å²) >= 11 is 0. The molecular weight excluding hydrogens is 256 g/mol. The first-order valence-corrected chi connectivity index (χ1v) is 6.30. The van der Waals surface area contributed by atoms with Gasteiger partial charge in [0, 0.05) is 12.1 Å². The van der Waals surface area contributed by atoms with Crippen LogP contribution in [0.5, 0.6) is 11.5 Å². The minimum Gasteiger partial charge on any atom is -0.450 e. The molecule has 0 heterocycles. The fraction of sp³-hybridized carbons (Fsp3) is 0.200. The minimum atomic E-state index is -0.449. The van der Waals surface area contributed by atoms with Crippen LogP contribution in [0.1, 0.15) is 18.5 Å². The number of hydrogen-bond acceptors (Lipinski definition) is 4. The van der Waals surface area contributed by atoms with Crippen LogP contribution < -0.4 is 10.1 Å². The van der Waals surface area contributed by atoms with E-state index in [0.29, 0.717) is 5.75 Å². The Hall–Kier alpha value is -2.40. The lowest BCUT2D eigenvalue weighted by Crippen LogP contribution is -2.12. The first-order chi connectivity index (χ1) is 9.61. The lowest BCUT2D eigenvalue weighted by Gasteiger charge is -2.12.